The summed E-state index contributed by atoms with van der Waals surface area (Å²) in [6.45, 7) is 1.33. The van der Waals surface area contributed by atoms with Gasteiger partial charge in [-0.1, -0.05) is 24.3 Å². The number of hydrogen-bond donors (Lipinski definition) is 1. The van der Waals surface area contributed by atoms with Crippen molar-refractivity contribution in [2.24, 2.45) is 0 Å². The topological polar surface area (TPSA) is 44.8 Å². The van der Waals surface area contributed by atoms with Crippen LogP contribution in [0.15, 0.2) is 48.5 Å². The van der Waals surface area contributed by atoms with Crippen LogP contribution in [-0.2, 0) is 6.54 Å². The quantitative estimate of drug-likeness (QED) is 0.889. The first-order valence-corrected chi connectivity index (χ1v) is 9.03. The van der Waals surface area contributed by atoms with Crippen molar-refractivity contribution in [3.8, 4) is 5.75 Å². The Hall–Kier alpha value is -2.69. The van der Waals surface area contributed by atoms with Gasteiger partial charge >= 0.3 is 6.03 Å². The number of ether oxygens (including phenoxy) is 1. The molecule has 1 aliphatic rings. The lowest BCUT2D eigenvalue weighted by Gasteiger charge is -2.25. The van der Waals surface area contributed by atoms with Gasteiger partial charge in [-0.15, -0.1) is 0 Å². The third kappa shape index (κ3) is 4.10. The molecule has 2 amide bonds. The standard InChI is InChI=1S/C21H27N3O2/c1-23(2)18-10-6-16(7-11-18)15-22-21(25)24-14-4-5-20(24)17-8-12-19(26-3)13-9-17/h6-13,20H,4-5,14-15H2,1-3H3,(H,22,25). The summed E-state index contributed by atoms with van der Waals surface area (Å²) >= 11 is 0. The van der Waals surface area contributed by atoms with Gasteiger partial charge in [-0.3, -0.25) is 0 Å². The number of amides is 2. The third-order valence-electron chi connectivity index (χ3n) is 4.91. The van der Waals surface area contributed by atoms with E-state index in [0.717, 1.165) is 42.0 Å². The second-order valence-corrected chi connectivity index (χ2v) is 6.84. The molecule has 0 radical (unpaired) electrons. The van der Waals surface area contributed by atoms with Crippen LogP contribution in [0.4, 0.5) is 10.5 Å². The Morgan fingerprint density at radius 3 is 2.46 bits per heavy atom. The normalized spacial score (nSPS) is 16.4. The van der Waals surface area contributed by atoms with Gasteiger partial charge in [0.15, 0.2) is 0 Å². The van der Waals surface area contributed by atoms with Crippen LogP contribution in [0.5, 0.6) is 5.75 Å². The zero-order chi connectivity index (χ0) is 18.5. The van der Waals surface area contributed by atoms with Gasteiger partial charge in [-0.05, 0) is 48.2 Å². The molecule has 1 N–H and O–H groups in total. The molecule has 0 saturated carbocycles. The number of benzene rings is 2. The molecule has 0 aromatic heterocycles. The number of urea groups is 1. The van der Waals surface area contributed by atoms with Crippen LogP contribution in [0.1, 0.15) is 30.0 Å². The first-order valence-electron chi connectivity index (χ1n) is 9.03. The van der Waals surface area contributed by atoms with Crippen molar-refractivity contribution in [2.45, 2.75) is 25.4 Å². The summed E-state index contributed by atoms with van der Waals surface area (Å²) in [5.74, 6) is 0.837. The van der Waals surface area contributed by atoms with E-state index in [4.69, 9.17) is 4.74 Å². The van der Waals surface area contributed by atoms with Crippen LogP contribution in [0.25, 0.3) is 0 Å². The van der Waals surface area contributed by atoms with E-state index in [2.05, 4.69) is 46.6 Å². The first kappa shape index (κ1) is 18.1. The van der Waals surface area contributed by atoms with Crippen molar-refractivity contribution in [1.29, 1.82) is 0 Å². The molecule has 2 aromatic carbocycles. The molecule has 0 aliphatic carbocycles. The molecule has 26 heavy (non-hydrogen) atoms. The lowest BCUT2D eigenvalue weighted by Crippen LogP contribution is -2.39. The lowest BCUT2D eigenvalue weighted by molar-refractivity contribution is 0.192. The number of anilines is 1. The van der Waals surface area contributed by atoms with Gasteiger partial charge in [-0.2, -0.15) is 0 Å². The largest absolute Gasteiger partial charge is 0.497 e. The van der Waals surface area contributed by atoms with E-state index in [1.807, 2.05) is 31.1 Å². The number of likely N-dealkylation sites (tertiary alicyclic amines) is 1. The molecule has 138 valence electrons. The van der Waals surface area contributed by atoms with Crippen molar-refractivity contribution in [2.75, 3.05) is 32.6 Å². The third-order valence-corrected chi connectivity index (χ3v) is 4.91. The molecule has 1 heterocycles. The van der Waals surface area contributed by atoms with Crippen LogP contribution in [0.2, 0.25) is 0 Å². The summed E-state index contributed by atoms with van der Waals surface area (Å²) in [7, 11) is 5.70. The predicted octanol–water partition coefficient (Wildman–Crippen LogP) is 3.81. The molecule has 5 heteroatoms. The van der Waals surface area contributed by atoms with Gasteiger partial charge in [0.2, 0.25) is 0 Å². The Bertz CT molecular complexity index is 726. The number of rotatable bonds is 5. The molecular formula is C21H27N3O2. The molecule has 1 fully saturated rings. The number of nitrogens with zero attached hydrogens (tertiary/aromatic N) is 2. The SMILES string of the molecule is COc1ccc(C2CCCN2C(=O)NCc2ccc(N(C)C)cc2)cc1. The molecular weight excluding hydrogens is 326 g/mol. The van der Waals surface area contributed by atoms with E-state index in [0.29, 0.717) is 6.54 Å². The highest BCUT2D eigenvalue weighted by atomic mass is 16.5. The Morgan fingerprint density at radius 1 is 1.15 bits per heavy atom. The number of methoxy groups -OCH3 is 1. The van der Waals surface area contributed by atoms with E-state index in [9.17, 15) is 4.79 Å². The van der Waals surface area contributed by atoms with Crippen molar-refractivity contribution in [3.63, 3.8) is 0 Å². The number of carbonyl (C=O) groups excluding carboxylic acids is 1. The molecule has 0 bridgehead atoms. The lowest BCUT2D eigenvalue weighted by atomic mass is 10.0. The molecule has 1 saturated heterocycles. The van der Waals surface area contributed by atoms with Gasteiger partial charge in [0.05, 0.1) is 13.2 Å². The molecule has 2 aromatic rings. The van der Waals surface area contributed by atoms with Crippen molar-refractivity contribution >= 4 is 11.7 Å². The van der Waals surface area contributed by atoms with Crippen molar-refractivity contribution in [3.05, 3.63) is 59.7 Å². The maximum Gasteiger partial charge on any atom is 0.318 e. The average molecular weight is 353 g/mol. The number of hydrogen-bond acceptors (Lipinski definition) is 3. The summed E-state index contributed by atoms with van der Waals surface area (Å²) in [5, 5.41) is 3.06. The minimum absolute atomic E-state index is 0.00000386. The minimum atomic E-state index is 0.00000386. The van der Waals surface area contributed by atoms with E-state index in [1.54, 1.807) is 7.11 Å². The summed E-state index contributed by atoms with van der Waals surface area (Å²) < 4.78 is 5.22. The first-order chi connectivity index (χ1) is 12.6. The molecule has 1 atom stereocenters. The number of nitrogens with one attached hydrogen (secondary N) is 1. The molecule has 1 unspecified atom stereocenters. The van der Waals surface area contributed by atoms with Gasteiger partial charge < -0.3 is 19.9 Å². The Morgan fingerprint density at radius 2 is 1.85 bits per heavy atom. The van der Waals surface area contributed by atoms with E-state index in [1.165, 1.54) is 0 Å². The number of carbonyl (C=O) groups is 1. The van der Waals surface area contributed by atoms with Crippen LogP contribution >= 0.6 is 0 Å². The molecule has 5 nitrogen and oxygen atoms in total. The second kappa shape index (κ2) is 8.13. The van der Waals surface area contributed by atoms with Crippen molar-refractivity contribution < 1.29 is 9.53 Å². The maximum atomic E-state index is 12.7. The Balaban J connectivity index is 1.60. The summed E-state index contributed by atoms with van der Waals surface area (Å²) in [6.07, 6.45) is 2.03. The fourth-order valence-electron chi connectivity index (χ4n) is 3.37. The second-order valence-electron chi connectivity index (χ2n) is 6.84. The minimum Gasteiger partial charge on any atom is -0.497 e. The highest BCUT2D eigenvalue weighted by Gasteiger charge is 2.29. The highest BCUT2D eigenvalue weighted by molar-refractivity contribution is 5.75. The summed E-state index contributed by atoms with van der Waals surface area (Å²) in [6, 6.07) is 16.4. The maximum absolute atomic E-state index is 12.7. The molecule has 0 spiro atoms. The predicted molar refractivity (Wildman–Crippen MR) is 105 cm³/mol. The molecule has 3 rings (SSSR count). The van der Waals surface area contributed by atoms with Crippen molar-refractivity contribution in [1.82, 2.24) is 10.2 Å². The summed E-state index contributed by atoms with van der Waals surface area (Å²) in [4.78, 5) is 16.7. The Labute approximate surface area is 155 Å². The zero-order valence-corrected chi connectivity index (χ0v) is 15.7. The van der Waals surface area contributed by atoms with Gasteiger partial charge in [-0.25, -0.2) is 4.79 Å². The van der Waals surface area contributed by atoms with Crippen LogP contribution in [0, 0.1) is 0 Å². The van der Waals surface area contributed by atoms with Crippen LogP contribution in [0.3, 0.4) is 0 Å². The van der Waals surface area contributed by atoms with Gasteiger partial charge in [0.1, 0.15) is 5.75 Å². The zero-order valence-electron chi connectivity index (χ0n) is 15.7. The fourth-order valence-corrected chi connectivity index (χ4v) is 3.37. The fraction of sp³-hybridized carbons (Fsp3) is 0.381. The van der Waals surface area contributed by atoms with Crippen LogP contribution in [-0.4, -0.2) is 38.7 Å². The van der Waals surface area contributed by atoms with E-state index < -0.39 is 0 Å². The monoisotopic (exact) mass is 353 g/mol. The molecule has 1 aliphatic heterocycles. The van der Waals surface area contributed by atoms with Gasteiger partial charge in [0, 0.05) is 32.9 Å². The highest BCUT2D eigenvalue weighted by Crippen LogP contribution is 2.32. The van der Waals surface area contributed by atoms with E-state index in [-0.39, 0.29) is 12.1 Å². The van der Waals surface area contributed by atoms with Crippen LogP contribution < -0.4 is 15.0 Å². The summed E-state index contributed by atoms with van der Waals surface area (Å²) in [5.41, 5.74) is 3.41. The average Bonchev–Trinajstić information content (AvgIpc) is 3.16. The smallest absolute Gasteiger partial charge is 0.318 e. The van der Waals surface area contributed by atoms with E-state index >= 15 is 0 Å². The Kier molecular flexibility index (Phi) is 5.66. The van der Waals surface area contributed by atoms with Gasteiger partial charge in [0.25, 0.3) is 0 Å².